The highest BCUT2D eigenvalue weighted by atomic mass is 32.2. The van der Waals surface area contributed by atoms with Crippen LogP contribution in [0.1, 0.15) is 15.9 Å². The van der Waals surface area contributed by atoms with E-state index in [1.807, 2.05) is 42.8 Å². The zero-order chi connectivity index (χ0) is 19.8. The largest absolute Gasteiger partial charge is 0.496 e. The normalized spacial score (nSPS) is 10.4. The van der Waals surface area contributed by atoms with Crippen LogP contribution in [0.4, 0.5) is 0 Å². The molecule has 0 spiro atoms. The summed E-state index contributed by atoms with van der Waals surface area (Å²) >= 11 is 3.22. The molecule has 2 rings (SSSR count). The predicted molar refractivity (Wildman–Crippen MR) is 110 cm³/mol. The number of amides is 1. The van der Waals surface area contributed by atoms with Crippen LogP contribution in [0, 0.1) is 0 Å². The third kappa shape index (κ3) is 5.94. The van der Waals surface area contributed by atoms with Gasteiger partial charge in [0.05, 0.1) is 7.11 Å². The molecule has 2 aromatic rings. The number of hydrogen-bond acceptors (Lipinski definition) is 6. The van der Waals surface area contributed by atoms with Crippen molar-refractivity contribution in [3.05, 3.63) is 53.6 Å². The second kappa shape index (κ2) is 10.3. The third-order valence-corrected chi connectivity index (χ3v) is 5.43. The van der Waals surface area contributed by atoms with Crippen molar-refractivity contribution in [1.82, 2.24) is 4.90 Å². The Kier molecular flexibility index (Phi) is 8.06. The summed E-state index contributed by atoms with van der Waals surface area (Å²) in [6.07, 6.45) is 3.96. The molecule has 0 radical (unpaired) electrons. The van der Waals surface area contributed by atoms with Gasteiger partial charge in [-0.1, -0.05) is 12.1 Å². The maximum absolute atomic E-state index is 12.3. The van der Waals surface area contributed by atoms with E-state index in [-0.39, 0.29) is 12.5 Å². The van der Waals surface area contributed by atoms with E-state index in [9.17, 15) is 9.59 Å². The van der Waals surface area contributed by atoms with Gasteiger partial charge in [-0.15, -0.1) is 23.5 Å². The van der Waals surface area contributed by atoms with Gasteiger partial charge >= 0.3 is 5.97 Å². The maximum Gasteiger partial charge on any atom is 0.342 e. The van der Waals surface area contributed by atoms with Crippen molar-refractivity contribution in [1.29, 1.82) is 0 Å². The average Bonchev–Trinajstić information content (AvgIpc) is 2.71. The molecular weight excluding hydrogens is 382 g/mol. The van der Waals surface area contributed by atoms with Gasteiger partial charge in [0.15, 0.2) is 6.61 Å². The minimum atomic E-state index is -0.578. The molecule has 0 fully saturated rings. The van der Waals surface area contributed by atoms with Crippen LogP contribution in [0.3, 0.4) is 0 Å². The molecule has 2 aromatic carbocycles. The first-order valence-corrected chi connectivity index (χ1v) is 10.7. The number of carbonyl (C=O) groups is 2. The van der Waals surface area contributed by atoms with E-state index in [2.05, 4.69) is 0 Å². The summed E-state index contributed by atoms with van der Waals surface area (Å²) < 4.78 is 10.4. The number of ether oxygens (including phenoxy) is 2. The molecule has 0 saturated heterocycles. The average molecular weight is 406 g/mol. The van der Waals surface area contributed by atoms with E-state index in [1.165, 1.54) is 16.9 Å². The number of likely N-dealkylation sites (N-methyl/N-ethyl adjacent to an activating group) is 1. The Balaban J connectivity index is 1.92. The van der Waals surface area contributed by atoms with E-state index >= 15 is 0 Å². The number of thioether (sulfide) groups is 2. The van der Waals surface area contributed by atoms with Crippen molar-refractivity contribution >= 4 is 35.4 Å². The molecule has 0 aliphatic carbocycles. The lowest BCUT2D eigenvalue weighted by molar-refractivity contribution is -0.133. The molecule has 0 bridgehead atoms. The lowest BCUT2D eigenvalue weighted by atomic mass is 10.2. The molecule has 0 aliphatic heterocycles. The highest BCUT2D eigenvalue weighted by Gasteiger charge is 2.17. The Hall–Kier alpha value is -2.12. The van der Waals surface area contributed by atoms with Gasteiger partial charge in [0.25, 0.3) is 5.91 Å². The fraction of sp³-hybridized carbons (Fsp3) is 0.300. The van der Waals surface area contributed by atoms with Crippen LogP contribution in [0.15, 0.2) is 52.3 Å². The molecule has 0 aliphatic rings. The molecule has 7 heteroatoms. The van der Waals surface area contributed by atoms with Crippen LogP contribution in [0.25, 0.3) is 0 Å². The van der Waals surface area contributed by atoms with Crippen LogP contribution in [-0.2, 0) is 16.1 Å². The zero-order valence-corrected chi connectivity index (χ0v) is 17.5. The second-order valence-electron chi connectivity index (χ2n) is 5.74. The number of esters is 1. The summed E-state index contributed by atoms with van der Waals surface area (Å²) in [5.41, 5.74) is 1.32. The van der Waals surface area contributed by atoms with Gasteiger partial charge in [-0.2, -0.15) is 0 Å². The Labute approximate surface area is 168 Å². The summed E-state index contributed by atoms with van der Waals surface area (Å²) in [4.78, 5) is 28.3. The Bertz CT molecular complexity index is 793. The van der Waals surface area contributed by atoms with Crippen LogP contribution in [-0.4, -0.2) is 50.1 Å². The fourth-order valence-corrected chi connectivity index (χ4v) is 3.21. The number of methoxy groups -OCH3 is 1. The lowest BCUT2D eigenvalue weighted by Crippen LogP contribution is -2.30. The zero-order valence-electron chi connectivity index (χ0n) is 15.9. The summed E-state index contributed by atoms with van der Waals surface area (Å²) in [6, 6.07) is 13.2. The van der Waals surface area contributed by atoms with Crippen LogP contribution in [0.2, 0.25) is 0 Å². The number of benzene rings is 2. The van der Waals surface area contributed by atoms with Crippen molar-refractivity contribution < 1.29 is 19.1 Å². The van der Waals surface area contributed by atoms with Gasteiger partial charge in [0.2, 0.25) is 0 Å². The highest BCUT2D eigenvalue weighted by molar-refractivity contribution is 7.98. The number of nitrogens with zero attached hydrogens (tertiary/aromatic N) is 1. The van der Waals surface area contributed by atoms with Gasteiger partial charge in [0.1, 0.15) is 11.3 Å². The molecule has 5 nitrogen and oxygen atoms in total. The van der Waals surface area contributed by atoms with E-state index in [4.69, 9.17) is 9.47 Å². The van der Waals surface area contributed by atoms with Crippen molar-refractivity contribution in [2.24, 2.45) is 0 Å². The molecule has 1 amide bonds. The van der Waals surface area contributed by atoms with Gasteiger partial charge in [0, 0.05) is 23.4 Å². The Morgan fingerprint density at radius 2 is 1.63 bits per heavy atom. The number of hydrogen-bond donors (Lipinski definition) is 0. The molecule has 0 N–H and O–H groups in total. The molecule has 144 valence electrons. The molecule has 27 heavy (non-hydrogen) atoms. The van der Waals surface area contributed by atoms with Crippen LogP contribution in [0.5, 0.6) is 5.75 Å². The number of rotatable bonds is 8. The van der Waals surface area contributed by atoms with Crippen molar-refractivity contribution in [3.63, 3.8) is 0 Å². The maximum atomic E-state index is 12.3. The van der Waals surface area contributed by atoms with Gasteiger partial charge in [-0.25, -0.2) is 4.79 Å². The fourth-order valence-electron chi connectivity index (χ4n) is 2.38. The SMILES string of the molecule is COc1cc(SC)ccc1C(=O)OCC(=O)N(C)Cc1ccc(SC)cc1. The molecule has 0 aromatic heterocycles. The second-order valence-corrected chi connectivity index (χ2v) is 7.50. The molecule has 0 heterocycles. The standard InChI is InChI=1S/C20H23NO4S2/c1-21(12-14-5-7-15(26-3)8-6-14)19(22)13-25-20(23)17-10-9-16(27-4)11-18(17)24-2/h5-11H,12-13H2,1-4H3. The smallest absolute Gasteiger partial charge is 0.342 e. The third-order valence-electron chi connectivity index (χ3n) is 3.96. The topological polar surface area (TPSA) is 55.8 Å². The van der Waals surface area contributed by atoms with E-state index in [1.54, 1.807) is 42.7 Å². The first kappa shape index (κ1) is 21.2. The Morgan fingerprint density at radius 3 is 2.22 bits per heavy atom. The van der Waals surface area contributed by atoms with Crippen LogP contribution < -0.4 is 4.74 Å². The quantitative estimate of drug-likeness (QED) is 0.490. The Morgan fingerprint density at radius 1 is 1.00 bits per heavy atom. The van der Waals surface area contributed by atoms with E-state index in [0.29, 0.717) is 17.9 Å². The van der Waals surface area contributed by atoms with Crippen LogP contribution >= 0.6 is 23.5 Å². The van der Waals surface area contributed by atoms with E-state index in [0.717, 1.165) is 10.5 Å². The number of carbonyl (C=O) groups excluding carboxylic acids is 2. The summed E-state index contributed by atoms with van der Waals surface area (Å²) in [5.74, 6) is -0.413. The summed E-state index contributed by atoms with van der Waals surface area (Å²) in [7, 11) is 3.18. The van der Waals surface area contributed by atoms with Crippen molar-refractivity contribution in [2.75, 3.05) is 33.3 Å². The molecular formula is C20H23NO4S2. The predicted octanol–water partition coefficient (Wildman–Crippen LogP) is 3.95. The molecule has 0 atom stereocenters. The van der Waals surface area contributed by atoms with Crippen molar-refractivity contribution in [3.8, 4) is 5.75 Å². The van der Waals surface area contributed by atoms with Gasteiger partial charge < -0.3 is 14.4 Å². The lowest BCUT2D eigenvalue weighted by Gasteiger charge is -2.17. The van der Waals surface area contributed by atoms with Crippen molar-refractivity contribution in [2.45, 2.75) is 16.3 Å². The first-order chi connectivity index (χ1) is 13.0. The van der Waals surface area contributed by atoms with Gasteiger partial charge in [-0.05, 0) is 48.4 Å². The van der Waals surface area contributed by atoms with Gasteiger partial charge in [-0.3, -0.25) is 4.79 Å². The summed E-state index contributed by atoms with van der Waals surface area (Å²) in [6.45, 7) is 0.141. The first-order valence-electron chi connectivity index (χ1n) is 8.24. The summed E-state index contributed by atoms with van der Waals surface area (Å²) in [5, 5.41) is 0. The van der Waals surface area contributed by atoms with E-state index < -0.39 is 5.97 Å². The molecule has 0 saturated carbocycles. The minimum absolute atomic E-state index is 0.267. The highest BCUT2D eigenvalue weighted by Crippen LogP contribution is 2.26. The monoisotopic (exact) mass is 405 g/mol. The molecule has 0 unspecified atom stereocenters. The minimum Gasteiger partial charge on any atom is -0.496 e.